The average Bonchev–Trinajstić information content (AvgIpc) is 2.28. The number of Topliss-reactive ketones (excluding diaryl/α,β-unsaturated/α-hetero) is 1. The van der Waals surface area contributed by atoms with Gasteiger partial charge in [0.1, 0.15) is 5.75 Å². The first-order valence-corrected chi connectivity index (χ1v) is 5.74. The molecule has 3 nitrogen and oxygen atoms in total. The van der Waals surface area contributed by atoms with Crippen molar-refractivity contribution in [1.82, 2.24) is 0 Å². The van der Waals surface area contributed by atoms with Crippen LogP contribution >= 0.6 is 0 Å². The normalized spacial score (nSPS) is 10.1. The lowest BCUT2D eigenvalue weighted by Gasteiger charge is -2.08. The third-order valence-corrected chi connectivity index (χ3v) is 2.28. The first-order valence-electron chi connectivity index (χ1n) is 5.74. The number of hydrogen-bond acceptors (Lipinski definition) is 3. The van der Waals surface area contributed by atoms with E-state index < -0.39 is 0 Å². The zero-order valence-corrected chi connectivity index (χ0v) is 9.95. The van der Waals surface area contributed by atoms with Gasteiger partial charge < -0.3 is 10.5 Å². The van der Waals surface area contributed by atoms with E-state index >= 15 is 0 Å². The molecule has 0 spiro atoms. The Hall–Kier alpha value is -1.51. The summed E-state index contributed by atoms with van der Waals surface area (Å²) in [4.78, 5) is 11.8. The Bertz CT molecular complexity index is 361. The van der Waals surface area contributed by atoms with Gasteiger partial charge >= 0.3 is 0 Å². The number of nitrogens with two attached hydrogens (primary N) is 1. The van der Waals surface area contributed by atoms with Crippen molar-refractivity contribution in [2.45, 2.75) is 33.1 Å². The van der Waals surface area contributed by atoms with Crippen LogP contribution in [0, 0.1) is 0 Å². The van der Waals surface area contributed by atoms with Crippen molar-refractivity contribution in [3.8, 4) is 5.75 Å². The molecule has 0 amide bonds. The predicted molar refractivity (Wildman–Crippen MR) is 65.9 cm³/mol. The van der Waals surface area contributed by atoms with Crippen molar-refractivity contribution in [3.05, 3.63) is 23.8 Å². The van der Waals surface area contributed by atoms with Crippen molar-refractivity contribution < 1.29 is 9.53 Å². The van der Waals surface area contributed by atoms with Gasteiger partial charge in [-0.2, -0.15) is 0 Å². The monoisotopic (exact) mass is 221 g/mol. The minimum absolute atomic E-state index is 0.0851. The molecule has 0 heterocycles. The van der Waals surface area contributed by atoms with Crippen LogP contribution in [-0.2, 0) is 0 Å². The molecule has 0 saturated heterocycles. The molecule has 0 bridgehead atoms. The van der Waals surface area contributed by atoms with Gasteiger partial charge in [-0.25, -0.2) is 0 Å². The lowest BCUT2D eigenvalue weighted by atomic mass is 10.0. The van der Waals surface area contributed by atoms with E-state index in [4.69, 9.17) is 10.5 Å². The third-order valence-electron chi connectivity index (χ3n) is 2.28. The second kappa shape index (κ2) is 6.16. The van der Waals surface area contributed by atoms with Gasteiger partial charge in [0.25, 0.3) is 0 Å². The summed E-state index contributed by atoms with van der Waals surface area (Å²) >= 11 is 0. The summed E-state index contributed by atoms with van der Waals surface area (Å²) in [6.45, 7) is 4.68. The molecule has 0 aromatic heterocycles. The van der Waals surface area contributed by atoms with Gasteiger partial charge in [0.05, 0.1) is 6.61 Å². The first kappa shape index (κ1) is 12.6. The molecule has 0 fully saturated rings. The number of nitrogen functional groups attached to an aromatic ring is 1. The molecule has 0 saturated carbocycles. The van der Waals surface area contributed by atoms with Crippen LogP contribution in [0.4, 0.5) is 5.69 Å². The maximum atomic E-state index is 11.8. The fourth-order valence-electron chi connectivity index (χ4n) is 1.45. The SMILES string of the molecule is CCCOc1ccc(N)c(C(=O)CCC)c1. The lowest BCUT2D eigenvalue weighted by molar-refractivity contribution is 0.0982. The van der Waals surface area contributed by atoms with Gasteiger partial charge in [-0.1, -0.05) is 13.8 Å². The highest BCUT2D eigenvalue weighted by Crippen LogP contribution is 2.21. The molecule has 2 N–H and O–H groups in total. The highest BCUT2D eigenvalue weighted by Gasteiger charge is 2.09. The summed E-state index contributed by atoms with van der Waals surface area (Å²) in [5, 5.41) is 0. The van der Waals surface area contributed by atoms with Crippen molar-refractivity contribution in [1.29, 1.82) is 0 Å². The van der Waals surface area contributed by atoms with Crippen LogP contribution in [0.25, 0.3) is 0 Å². The first-order chi connectivity index (χ1) is 7.69. The van der Waals surface area contributed by atoms with E-state index in [2.05, 4.69) is 0 Å². The van der Waals surface area contributed by atoms with Gasteiger partial charge in [0.2, 0.25) is 0 Å². The molecule has 16 heavy (non-hydrogen) atoms. The van der Waals surface area contributed by atoms with Gasteiger partial charge in [-0.15, -0.1) is 0 Å². The van der Waals surface area contributed by atoms with Crippen LogP contribution in [0.2, 0.25) is 0 Å². The standard InChI is InChI=1S/C13H19NO2/c1-3-5-13(15)11-9-10(16-8-4-2)6-7-12(11)14/h6-7,9H,3-5,8,14H2,1-2H3. The van der Waals surface area contributed by atoms with Crippen molar-refractivity contribution in [3.63, 3.8) is 0 Å². The minimum atomic E-state index is 0.0851. The maximum Gasteiger partial charge on any atom is 0.165 e. The molecule has 0 aliphatic carbocycles. The van der Waals surface area contributed by atoms with Crippen molar-refractivity contribution in [2.75, 3.05) is 12.3 Å². The second-order valence-corrected chi connectivity index (χ2v) is 3.77. The predicted octanol–water partition coefficient (Wildman–Crippen LogP) is 3.04. The number of anilines is 1. The molecule has 0 aliphatic rings. The molecule has 0 atom stereocenters. The van der Waals surface area contributed by atoms with E-state index in [1.165, 1.54) is 0 Å². The maximum absolute atomic E-state index is 11.8. The molecular formula is C13H19NO2. The van der Waals surface area contributed by atoms with E-state index in [0.717, 1.165) is 18.6 Å². The smallest absolute Gasteiger partial charge is 0.165 e. The van der Waals surface area contributed by atoms with E-state index in [-0.39, 0.29) is 5.78 Å². The summed E-state index contributed by atoms with van der Waals surface area (Å²) in [6, 6.07) is 5.27. The van der Waals surface area contributed by atoms with E-state index in [1.807, 2.05) is 13.8 Å². The van der Waals surface area contributed by atoms with E-state index in [1.54, 1.807) is 18.2 Å². The average molecular weight is 221 g/mol. The van der Waals surface area contributed by atoms with Crippen LogP contribution in [-0.4, -0.2) is 12.4 Å². The largest absolute Gasteiger partial charge is 0.494 e. The highest BCUT2D eigenvalue weighted by molar-refractivity contribution is 6.01. The second-order valence-electron chi connectivity index (χ2n) is 3.77. The van der Waals surface area contributed by atoms with Crippen molar-refractivity contribution >= 4 is 11.5 Å². The van der Waals surface area contributed by atoms with Gasteiger partial charge in [0, 0.05) is 17.7 Å². The summed E-state index contributed by atoms with van der Waals surface area (Å²) in [6.07, 6.45) is 2.31. The molecular weight excluding hydrogens is 202 g/mol. The quantitative estimate of drug-likeness (QED) is 0.593. The van der Waals surface area contributed by atoms with Crippen LogP contribution in [0.3, 0.4) is 0 Å². The molecule has 88 valence electrons. The Morgan fingerprint density at radius 3 is 2.69 bits per heavy atom. The van der Waals surface area contributed by atoms with Crippen LogP contribution in [0.15, 0.2) is 18.2 Å². The summed E-state index contributed by atoms with van der Waals surface area (Å²) in [5.41, 5.74) is 6.88. The molecule has 1 rings (SSSR count). The molecule has 0 aliphatic heterocycles. The van der Waals surface area contributed by atoms with E-state index in [0.29, 0.717) is 24.3 Å². The fourth-order valence-corrected chi connectivity index (χ4v) is 1.45. The summed E-state index contributed by atoms with van der Waals surface area (Å²) in [7, 11) is 0. The molecule has 3 heteroatoms. The van der Waals surface area contributed by atoms with Gasteiger partial charge in [0.15, 0.2) is 5.78 Å². The van der Waals surface area contributed by atoms with Crippen molar-refractivity contribution in [2.24, 2.45) is 0 Å². The zero-order chi connectivity index (χ0) is 12.0. The van der Waals surface area contributed by atoms with Gasteiger partial charge in [-0.05, 0) is 31.0 Å². The number of carbonyl (C=O) groups excluding carboxylic acids is 1. The van der Waals surface area contributed by atoms with Crippen LogP contribution in [0.5, 0.6) is 5.75 Å². The number of rotatable bonds is 6. The molecule has 0 unspecified atom stereocenters. The van der Waals surface area contributed by atoms with E-state index in [9.17, 15) is 4.79 Å². The number of carbonyl (C=O) groups is 1. The number of ether oxygens (including phenoxy) is 1. The molecule has 0 radical (unpaired) electrons. The Kier molecular flexibility index (Phi) is 4.83. The van der Waals surface area contributed by atoms with Crippen LogP contribution in [0.1, 0.15) is 43.5 Å². The highest BCUT2D eigenvalue weighted by atomic mass is 16.5. The Morgan fingerprint density at radius 1 is 1.31 bits per heavy atom. The number of ketones is 1. The minimum Gasteiger partial charge on any atom is -0.494 e. The zero-order valence-electron chi connectivity index (χ0n) is 9.95. The van der Waals surface area contributed by atoms with Crippen LogP contribution < -0.4 is 10.5 Å². The Labute approximate surface area is 96.6 Å². The Morgan fingerprint density at radius 2 is 2.06 bits per heavy atom. The number of benzene rings is 1. The third kappa shape index (κ3) is 3.26. The lowest BCUT2D eigenvalue weighted by Crippen LogP contribution is -2.04. The summed E-state index contributed by atoms with van der Waals surface area (Å²) < 4.78 is 5.47. The fraction of sp³-hybridized carbons (Fsp3) is 0.462. The van der Waals surface area contributed by atoms with Gasteiger partial charge in [-0.3, -0.25) is 4.79 Å². The Balaban J connectivity index is 2.85. The number of hydrogen-bond donors (Lipinski definition) is 1. The molecule has 1 aromatic carbocycles. The topological polar surface area (TPSA) is 52.3 Å². The molecule has 1 aromatic rings. The summed E-state index contributed by atoms with van der Waals surface area (Å²) in [5.74, 6) is 0.803.